The van der Waals surface area contributed by atoms with Crippen LogP contribution >= 0.6 is 15.9 Å². The highest BCUT2D eigenvalue weighted by Gasteiger charge is 2.18. The zero-order valence-electron chi connectivity index (χ0n) is 10.1. The molecule has 4 nitrogen and oxygen atoms in total. The van der Waals surface area contributed by atoms with E-state index in [1.165, 1.54) is 25.9 Å². The number of piperidine rings is 1. The SMILES string of the molecule is CCN1CCC(Nc2ncc(N)cc2Br)CC1. The van der Waals surface area contributed by atoms with Crippen molar-refractivity contribution in [1.29, 1.82) is 0 Å². The van der Waals surface area contributed by atoms with Gasteiger partial charge in [0.1, 0.15) is 5.82 Å². The second kappa shape index (κ2) is 5.69. The summed E-state index contributed by atoms with van der Waals surface area (Å²) in [5, 5.41) is 3.48. The van der Waals surface area contributed by atoms with Crippen molar-refractivity contribution in [3.05, 3.63) is 16.7 Å². The molecule has 1 aromatic rings. The van der Waals surface area contributed by atoms with E-state index >= 15 is 0 Å². The third-order valence-corrected chi connectivity index (χ3v) is 3.84. The van der Waals surface area contributed by atoms with Crippen molar-refractivity contribution in [3.63, 3.8) is 0 Å². The highest BCUT2D eigenvalue weighted by molar-refractivity contribution is 9.10. The number of nitrogens with two attached hydrogens (primary N) is 1. The fraction of sp³-hybridized carbons (Fsp3) is 0.583. The lowest BCUT2D eigenvalue weighted by molar-refractivity contribution is 0.229. The first-order chi connectivity index (χ1) is 8.19. The number of rotatable bonds is 3. The first-order valence-electron chi connectivity index (χ1n) is 6.09. The fourth-order valence-corrected chi connectivity index (χ4v) is 2.63. The second-order valence-electron chi connectivity index (χ2n) is 4.45. The topological polar surface area (TPSA) is 54.2 Å². The molecule has 5 heteroatoms. The quantitative estimate of drug-likeness (QED) is 0.899. The van der Waals surface area contributed by atoms with E-state index in [2.05, 4.69) is 38.1 Å². The molecule has 1 aliphatic rings. The van der Waals surface area contributed by atoms with Gasteiger partial charge in [-0.15, -0.1) is 0 Å². The van der Waals surface area contributed by atoms with Gasteiger partial charge in [-0.25, -0.2) is 4.98 Å². The van der Waals surface area contributed by atoms with Gasteiger partial charge < -0.3 is 16.0 Å². The van der Waals surface area contributed by atoms with Gasteiger partial charge in [0.2, 0.25) is 0 Å². The number of pyridine rings is 1. The Hall–Kier alpha value is -0.810. The lowest BCUT2D eigenvalue weighted by Crippen LogP contribution is -2.39. The van der Waals surface area contributed by atoms with Crippen LogP contribution in [0.3, 0.4) is 0 Å². The smallest absolute Gasteiger partial charge is 0.140 e. The van der Waals surface area contributed by atoms with Gasteiger partial charge in [0.25, 0.3) is 0 Å². The molecule has 2 rings (SSSR count). The van der Waals surface area contributed by atoms with Crippen LogP contribution in [-0.2, 0) is 0 Å². The molecular weight excluding hydrogens is 280 g/mol. The molecule has 0 unspecified atom stereocenters. The Morgan fingerprint density at radius 2 is 2.24 bits per heavy atom. The van der Waals surface area contributed by atoms with Crippen molar-refractivity contribution < 1.29 is 0 Å². The van der Waals surface area contributed by atoms with Crippen LogP contribution in [0.4, 0.5) is 11.5 Å². The van der Waals surface area contributed by atoms with Crippen LogP contribution in [0.5, 0.6) is 0 Å². The Morgan fingerprint density at radius 3 is 2.82 bits per heavy atom. The first-order valence-corrected chi connectivity index (χ1v) is 6.88. The number of anilines is 2. The highest BCUT2D eigenvalue weighted by Crippen LogP contribution is 2.24. The van der Waals surface area contributed by atoms with Crippen LogP contribution in [0.2, 0.25) is 0 Å². The van der Waals surface area contributed by atoms with Crippen LogP contribution < -0.4 is 11.1 Å². The van der Waals surface area contributed by atoms with Crippen LogP contribution in [0.15, 0.2) is 16.7 Å². The average molecular weight is 299 g/mol. The maximum absolute atomic E-state index is 5.67. The van der Waals surface area contributed by atoms with E-state index in [1.807, 2.05) is 6.07 Å². The summed E-state index contributed by atoms with van der Waals surface area (Å²) >= 11 is 3.48. The summed E-state index contributed by atoms with van der Waals surface area (Å²) in [5.74, 6) is 0.897. The second-order valence-corrected chi connectivity index (χ2v) is 5.31. The zero-order valence-corrected chi connectivity index (χ0v) is 11.7. The first kappa shape index (κ1) is 12.6. The van der Waals surface area contributed by atoms with Crippen LogP contribution in [0.1, 0.15) is 19.8 Å². The predicted octanol–water partition coefficient (Wildman–Crippen LogP) is 2.32. The summed E-state index contributed by atoms with van der Waals surface area (Å²) in [4.78, 5) is 6.79. The van der Waals surface area contributed by atoms with Crippen LogP contribution in [-0.4, -0.2) is 35.6 Å². The third-order valence-electron chi connectivity index (χ3n) is 3.24. The van der Waals surface area contributed by atoms with Crippen molar-refractivity contribution in [3.8, 4) is 0 Å². The lowest BCUT2D eigenvalue weighted by atomic mass is 10.1. The number of hydrogen-bond donors (Lipinski definition) is 2. The molecule has 0 bridgehead atoms. The van der Waals surface area contributed by atoms with Gasteiger partial charge in [0, 0.05) is 19.1 Å². The van der Waals surface area contributed by atoms with Crippen LogP contribution in [0.25, 0.3) is 0 Å². The molecule has 0 atom stereocenters. The number of nitrogen functional groups attached to an aromatic ring is 1. The van der Waals surface area contributed by atoms with E-state index < -0.39 is 0 Å². The van der Waals surface area contributed by atoms with Crippen LogP contribution in [0, 0.1) is 0 Å². The van der Waals surface area contributed by atoms with Gasteiger partial charge in [-0.05, 0) is 41.4 Å². The molecule has 1 fully saturated rings. The molecule has 0 spiro atoms. The minimum atomic E-state index is 0.519. The summed E-state index contributed by atoms with van der Waals surface area (Å²) in [6.45, 7) is 5.70. The summed E-state index contributed by atoms with van der Waals surface area (Å²) in [6.07, 6.45) is 4.03. The number of nitrogens with zero attached hydrogens (tertiary/aromatic N) is 2. The monoisotopic (exact) mass is 298 g/mol. The molecule has 1 saturated heterocycles. The number of likely N-dealkylation sites (tertiary alicyclic amines) is 1. The molecule has 1 aliphatic heterocycles. The van der Waals surface area contributed by atoms with Gasteiger partial charge in [-0.1, -0.05) is 6.92 Å². The molecule has 0 radical (unpaired) electrons. The third kappa shape index (κ3) is 3.33. The normalized spacial score (nSPS) is 18.2. The van der Waals surface area contributed by atoms with E-state index in [0.717, 1.165) is 16.8 Å². The Labute approximate surface area is 111 Å². The molecule has 94 valence electrons. The van der Waals surface area contributed by atoms with E-state index in [4.69, 9.17) is 5.73 Å². The Balaban J connectivity index is 1.93. The standard InChI is InChI=1S/C12H19BrN4/c1-2-17-5-3-10(4-6-17)16-12-11(13)7-9(14)8-15-12/h7-8,10H,2-6,14H2,1H3,(H,15,16). The maximum Gasteiger partial charge on any atom is 0.140 e. The minimum Gasteiger partial charge on any atom is -0.397 e. The molecule has 2 heterocycles. The van der Waals surface area contributed by atoms with E-state index in [9.17, 15) is 0 Å². The van der Waals surface area contributed by atoms with E-state index in [0.29, 0.717) is 11.7 Å². The number of nitrogens with one attached hydrogen (secondary N) is 1. The molecule has 0 aliphatic carbocycles. The maximum atomic E-state index is 5.67. The van der Waals surface area contributed by atoms with E-state index in [-0.39, 0.29) is 0 Å². The summed E-state index contributed by atoms with van der Waals surface area (Å²) in [7, 11) is 0. The molecule has 17 heavy (non-hydrogen) atoms. The molecule has 1 aromatic heterocycles. The van der Waals surface area contributed by atoms with Gasteiger partial charge in [0.05, 0.1) is 16.4 Å². The highest BCUT2D eigenvalue weighted by atomic mass is 79.9. The molecule has 3 N–H and O–H groups in total. The van der Waals surface area contributed by atoms with Gasteiger partial charge in [-0.2, -0.15) is 0 Å². The van der Waals surface area contributed by atoms with Crippen molar-refractivity contribution in [2.45, 2.75) is 25.8 Å². The summed E-state index contributed by atoms with van der Waals surface area (Å²) in [5.41, 5.74) is 6.35. The largest absolute Gasteiger partial charge is 0.397 e. The van der Waals surface area contributed by atoms with Crippen molar-refractivity contribution in [2.75, 3.05) is 30.7 Å². The minimum absolute atomic E-state index is 0.519. The number of halogens is 1. The summed E-state index contributed by atoms with van der Waals surface area (Å²) < 4.78 is 0.940. The molecular formula is C12H19BrN4. The van der Waals surface area contributed by atoms with E-state index in [1.54, 1.807) is 6.20 Å². The number of aromatic nitrogens is 1. The van der Waals surface area contributed by atoms with Crippen molar-refractivity contribution >= 4 is 27.4 Å². The average Bonchev–Trinajstić information content (AvgIpc) is 2.34. The lowest BCUT2D eigenvalue weighted by Gasteiger charge is -2.31. The Bertz CT molecular complexity index is 375. The van der Waals surface area contributed by atoms with Gasteiger partial charge in [0.15, 0.2) is 0 Å². The summed E-state index contributed by atoms with van der Waals surface area (Å²) in [6, 6.07) is 2.40. The van der Waals surface area contributed by atoms with Crippen molar-refractivity contribution in [1.82, 2.24) is 9.88 Å². The fourth-order valence-electron chi connectivity index (χ4n) is 2.15. The number of hydrogen-bond acceptors (Lipinski definition) is 4. The van der Waals surface area contributed by atoms with Crippen molar-refractivity contribution in [2.24, 2.45) is 0 Å². The Kier molecular flexibility index (Phi) is 4.23. The Morgan fingerprint density at radius 1 is 1.53 bits per heavy atom. The molecule has 0 saturated carbocycles. The molecule has 0 aromatic carbocycles. The molecule has 0 amide bonds. The van der Waals surface area contributed by atoms with Gasteiger partial charge in [-0.3, -0.25) is 0 Å². The van der Waals surface area contributed by atoms with Gasteiger partial charge >= 0.3 is 0 Å². The predicted molar refractivity (Wildman–Crippen MR) is 75.1 cm³/mol. The zero-order chi connectivity index (χ0) is 12.3.